The summed E-state index contributed by atoms with van der Waals surface area (Å²) < 4.78 is 13.1. The maximum absolute atomic E-state index is 13.1. The van der Waals surface area contributed by atoms with E-state index >= 15 is 0 Å². The average Bonchev–Trinajstić information content (AvgIpc) is 2.22. The standard InChI is InChI=1S/C12H12ClFO/c1-2-3-4-8-11(15)9-6-5-7-10(14)12(9)13/h5-7,11,15H,4,8H2,1H3. The Morgan fingerprint density at radius 1 is 1.53 bits per heavy atom. The number of halogens is 2. The Balaban J connectivity index is 2.76. The third kappa shape index (κ3) is 3.23. The van der Waals surface area contributed by atoms with Gasteiger partial charge in [0.15, 0.2) is 0 Å². The van der Waals surface area contributed by atoms with Crippen LogP contribution < -0.4 is 0 Å². The molecule has 0 aliphatic rings. The highest BCUT2D eigenvalue weighted by molar-refractivity contribution is 6.31. The van der Waals surface area contributed by atoms with E-state index in [0.717, 1.165) is 0 Å². The maximum atomic E-state index is 13.1. The Labute approximate surface area is 93.9 Å². The van der Waals surface area contributed by atoms with E-state index in [-0.39, 0.29) is 5.02 Å². The molecule has 3 heteroatoms. The van der Waals surface area contributed by atoms with Gasteiger partial charge >= 0.3 is 0 Å². The molecule has 1 aromatic rings. The molecule has 15 heavy (non-hydrogen) atoms. The molecule has 0 saturated carbocycles. The second-order valence-electron chi connectivity index (χ2n) is 3.12. The zero-order chi connectivity index (χ0) is 11.3. The first-order chi connectivity index (χ1) is 7.16. The fraction of sp³-hybridized carbons (Fsp3) is 0.333. The molecule has 0 radical (unpaired) electrons. The van der Waals surface area contributed by atoms with E-state index < -0.39 is 11.9 Å². The van der Waals surface area contributed by atoms with Crippen molar-refractivity contribution in [3.8, 4) is 11.8 Å². The lowest BCUT2D eigenvalue weighted by molar-refractivity contribution is 0.169. The molecule has 80 valence electrons. The first kappa shape index (κ1) is 12.0. The lowest BCUT2D eigenvalue weighted by Gasteiger charge is -2.11. The molecule has 0 aliphatic carbocycles. The molecule has 0 spiro atoms. The van der Waals surface area contributed by atoms with Crippen molar-refractivity contribution in [1.82, 2.24) is 0 Å². The van der Waals surface area contributed by atoms with Gasteiger partial charge in [-0.05, 0) is 19.4 Å². The molecule has 0 bridgehead atoms. The van der Waals surface area contributed by atoms with Crippen LogP contribution >= 0.6 is 11.6 Å². The van der Waals surface area contributed by atoms with Crippen LogP contribution in [-0.2, 0) is 0 Å². The molecule has 0 amide bonds. The van der Waals surface area contributed by atoms with E-state index in [1.54, 1.807) is 13.0 Å². The molecule has 1 unspecified atom stereocenters. The Hall–Kier alpha value is -1.04. The predicted molar refractivity (Wildman–Crippen MR) is 59.1 cm³/mol. The molecular weight excluding hydrogens is 215 g/mol. The molecule has 0 saturated heterocycles. The monoisotopic (exact) mass is 226 g/mol. The SMILES string of the molecule is CC#CCCC(O)c1cccc(F)c1Cl. The molecule has 0 aromatic heterocycles. The summed E-state index contributed by atoms with van der Waals surface area (Å²) in [6.07, 6.45) is 0.281. The van der Waals surface area contributed by atoms with Gasteiger partial charge in [0.05, 0.1) is 11.1 Å². The van der Waals surface area contributed by atoms with Crippen LogP contribution in [0.5, 0.6) is 0 Å². The van der Waals surface area contributed by atoms with Crippen LogP contribution in [0.2, 0.25) is 5.02 Å². The molecule has 0 aliphatic heterocycles. The van der Waals surface area contributed by atoms with Gasteiger partial charge in [-0.2, -0.15) is 0 Å². The minimum atomic E-state index is -0.756. The summed E-state index contributed by atoms with van der Waals surface area (Å²) in [4.78, 5) is 0. The Kier molecular flexibility index (Phi) is 4.61. The fourth-order valence-corrected chi connectivity index (χ4v) is 1.52. The summed E-state index contributed by atoms with van der Waals surface area (Å²) in [6.45, 7) is 1.74. The number of hydrogen-bond donors (Lipinski definition) is 1. The fourth-order valence-electron chi connectivity index (χ4n) is 1.27. The van der Waals surface area contributed by atoms with Crippen LogP contribution in [-0.4, -0.2) is 5.11 Å². The van der Waals surface area contributed by atoms with Gasteiger partial charge in [0.2, 0.25) is 0 Å². The lowest BCUT2D eigenvalue weighted by Crippen LogP contribution is -1.99. The highest BCUT2D eigenvalue weighted by Gasteiger charge is 2.13. The van der Waals surface area contributed by atoms with Gasteiger partial charge in [-0.1, -0.05) is 23.7 Å². The van der Waals surface area contributed by atoms with Gasteiger partial charge in [0.1, 0.15) is 5.82 Å². The number of aliphatic hydroxyl groups is 1. The Bertz CT molecular complexity index is 392. The van der Waals surface area contributed by atoms with Gasteiger partial charge in [0.25, 0.3) is 0 Å². The van der Waals surface area contributed by atoms with Crippen molar-refractivity contribution in [1.29, 1.82) is 0 Å². The molecule has 0 fully saturated rings. The smallest absolute Gasteiger partial charge is 0.142 e. The van der Waals surface area contributed by atoms with Gasteiger partial charge in [0, 0.05) is 12.0 Å². The summed E-state index contributed by atoms with van der Waals surface area (Å²) in [5.41, 5.74) is 0.426. The minimum Gasteiger partial charge on any atom is -0.388 e. The number of hydrogen-bond acceptors (Lipinski definition) is 1. The van der Waals surface area contributed by atoms with E-state index in [2.05, 4.69) is 11.8 Å². The molecule has 1 rings (SSSR count). The molecule has 1 atom stereocenters. The van der Waals surface area contributed by atoms with E-state index in [4.69, 9.17) is 11.6 Å². The zero-order valence-electron chi connectivity index (χ0n) is 8.43. The molecular formula is C12H12ClFO. The second-order valence-corrected chi connectivity index (χ2v) is 3.50. The van der Waals surface area contributed by atoms with Crippen LogP contribution in [0.25, 0.3) is 0 Å². The molecule has 1 aromatic carbocycles. The Morgan fingerprint density at radius 2 is 2.27 bits per heavy atom. The van der Waals surface area contributed by atoms with E-state index in [0.29, 0.717) is 18.4 Å². The van der Waals surface area contributed by atoms with Crippen molar-refractivity contribution in [2.75, 3.05) is 0 Å². The first-order valence-electron chi connectivity index (χ1n) is 4.68. The highest BCUT2D eigenvalue weighted by atomic mass is 35.5. The van der Waals surface area contributed by atoms with Crippen LogP contribution in [0.1, 0.15) is 31.4 Å². The van der Waals surface area contributed by atoms with E-state index in [1.165, 1.54) is 12.1 Å². The maximum Gasteiger partial charge on any atom is 0.142 e. The summed E-state index contributed by atoms with van der Waals surface area (Å²) >= 11 is 5.73. The van der Waals surface area contributed by atoms with E-state index in [9.17, 15) is 9.50 Å². The van der Waals surface area contributed by atoms with Crippen LogP contribution in [0.4, 0.5) is 4.39 Å². The van der Waals surface area contributed by atoms with Crippen molar-refractivity contribution in [3.05, 3.63) is 34.6 Å². The lowest BCUT2D eigenvalue weighted by atomic mass is 10.0. The number of rotatable bonds is 3. The normalized spacial score (nSPS) is 11.7. The number of benzene rings is 1. The van der Waals surface area contributed by atoms with Crippen molar-refractivity contribution < 1.29 is 9.50 Å². The van der Waals surface area contributed by atoms with Gasteiger partial charge in [-0.25, -0.2) is 4.39 Å². The molecule has 1 N–H and O–H groups in total. The van der Waals surface area contributed by atoms with Crippen LogP contribution in [0.15, 0.2) is 18.2 Å². The van der Waals surface area contributed by atoms with Gasteiger partial charge in [-0.3, -0.25) is 0 Å². The van der Waals surface area contributed by atoms with Crippen molar-refractivity contribution >= 4 is 11.6 Å². The Morgan fingerprint density at radius 3 is 2.93 bits per heavy atom. The first-order valence-corrected chi connectivity index (χ1v) is 5.06. The number of aliphatic hydroxyl groups excluding tert-OH is 1. The topological polar surface area (TPSA) is 20.2 Å². The van der Waals surface area contributed by atoms with Crippen molar-refractivity contribution in [3.63, 3.8) is 0 Å². The minimum absolute atomic E-state index is 0.00513. The van der Waals surface area contributed by atoms with Crippen LogP contribution in [0, 0.1) is 17.7 Å². The van der Waals surface area contributed by atoms with Crippen LogP contribution in [0.3, 0.4) is 0 Å². The summed E-state index contributed by atoms with van der Waals surface area (Å²) in [7, 11) is 0. The van der Waals surface area contributed by atoms with Crippen molar-refractivity contribution in [2.45, 2.75) is 25.9 Å². The van der Waals surface area contributed by atoms with Crippen molar-refractivity contribution in [2.24, 2.45) is 0 Å². The summed E-state index contributed by atoms with van der Waals surface area (Å²) in [5.74, 6) is 5.06. The summed E-state index contributed by atoms with van der Waals surface area (Å²) in [5, 5.41) is 9.73. The second kappa shape index (κ2) is 5.75. The van der Waals surface area contributed by atoms with Gasteiger partial charge < -0.3 is 5.11 Å². The van der Waals surface area contributed by atoms with Gasteiger partial charge in [-0.15, -0.1) is 11.8 Å². The summed E-state index contributed by atoms with van der Waals surface area (Å²) in [6, 6.07) is 4.42. The zero-order valence-corrected chi connectivity index (χ0v) is 9.18. The third-order valence-electron chi connectivity index (χ3n) is 2.06. The highest BCUT2D eigenvalue weighted by Crippen LogP contribution is 2.27. The third-order valence-corrected chi connectivity index (χ3v) is 2.46. The van der Waals surface area contributed by atoms with E-state index in [1.807, 2.05) is 0 Å². The average molecular weight is 227 g/mol. The molecule has 0 heterocycles. The quantitative estimate of drug-likeness (QED) is 0.784. The predicted octanol–water partition coefficient (Wildman–Crippen LogP) is 3.32. The molecule has 1 nitrogen and oxygen atoms in total. The largest absolute Gasteiger partial charge is 0.388 e.